The number of carbonyl (C=O) groups is 2. The Hall–Kier alpha value is -2.82. The average molecular weight is 395 g/mol. The molecule has 2 amide bonds. The first-order chi connectivity index (χ1) is 13.9. The van der Waals surface area contributed by atoms with Gasteiger partial charge in [-0.3, -0.25) is 9.59 Å². The van der Waals surface area contributed by atoms with Crippen molar-refractivity contribution < 1.29 is 14.3 Å². The van der Waals surface area contributed by atoms with E-state index in [1.807, 2.05) is 56.3 Å². The molecule has 1 fully saturated rings. The molecule has 154 valence electrons. The summed E-state index contributed by atoms with van der Waals surface area (Å²) in [5.41, 5.74) is 3.95. The van der Waals surface area contributed by atoms with E-state index in [0.29, 0.717) is 6.54 Å². The largest absolute Gasteiger partial charge is 0.491 e. The molecule has 0 unspecified atom stereocenters. The summed E-state index contributed by atoms with van der Waals surface area (Å²) in [5.74, 6) is 0.301. The maximum atomic E-state index is 12.9. The molecular formula is C24H30N2O3. The molecule has 2 aromatic rings. The molecule has 3 rings (SSSR count). The van der Waals surface area contributed by atoms with Crippen molar-refractivity contribution in [1.82, 2.24) is 0 Å². The second-order valence-corrected chi connectivity index (χ2v) is 7.71. The highest BCUT2D eigenvalue weighted by atomic mass is 16.5. The van der Waals surface area contributed by atoms with E-state index in [9.17, 15) is 9.59 Å². The first kappa shape index (κ1) is 20.9. The van der Waals surface area contributed by atoms with E-state index in [1.165, 1.54) is 0 Å². The number of amides is 2. The molecule has 5 heteroatoms. The lowest BCUT2D eigenvalue weighted by molar-refractivity contribution is -0.122. The Labute approximate surface area is 173 Å². The lowest BCUT2D eigenvalue weighted by atomic mass is 10.0. The highest BCUT2D eigenvalue weighted by Crippen LogP contribution is 2.29. The fourth-order valence-electron chi connectivity index (χ4n) is 3.74. The van der Waals surface area contributed by atoms with Crippen LogP contribution in [0.15, 0.2) is 42.5 Å². The number of aryl methyl sites for hydroxylation is 2. The zero-order chi connectivity index (χ0) is 21.0. The fraction of sp³-hybridized carbons (Fsp3) is 0.417. The second-order valence-electron chi connectivity index (χ2n) is 7.71. The summed E-state index contributed by atoms with van der Waals surface area (Å²) in [7, 11) is 0. The van der Waals surface area contributed by atoms with Crippen LogP contribution in [0.4, 0.5) is 11.4 Å². The van der Waals surface area contributed by atoms with Gasteiger partial charge in [-0.05, 0) is 62.1 Å². The van der Waals surface area contributed by atoms with Gasteiger partial charge in [0.25, 0.3) is 0 Å². The Balaban J connectivity index is 1.71. The van der Waals surface area contributed by atoms with Crippen LogP contribution >= 0.6 is 0 Å². The Morgan fingerprint density at radius 2 is 1.72 bits per heavy atom. The summed E-state index contributed by atoms with van der Waals surface area (Å²) < 4.78 is 5.66. The first-order valence-corrected chi connectivity index (χ1v) is 10.4. The number of ether oxygens (including phenoxy) is 1. The van der Waals surface area contributed by atoms with Crippen molar-refractivity contribution in [3.05, 3.63) is 53.6 Å². The third-order valence-electron chi connectivity index (χ3n) is 5.26. The minimum absolute atomic E-state index is 0.0258. The number of nitrogens with zero attached hydrogens (tertiary/aromatic N) is 1. The number of rotatable bonds is 7. The molecule has 0 bridgehead atoms. The monoisotopic (exact) mass is 394 g/mol. The van der Waals surface area contributed by atoms with Crippen LogP contribution < -0.4 is 15.0 Å². The van der Waals surface area contributed by atoms with Gasteiger partial charge in [0.2, 0.25) is 11.8 Å². The summed E-state index contributed by atoms with van der Waals surface area (Å²) in [4.78, 5) is 27.2. The second kappa shape index (κ2) is 9.12. The van der Waals surface area contributed by atoms with Gasteiger partial charge in [-0.25, -0.2) is 0 Å². The van der Waals surface area contributed by atoms with Crippen LogP contribution in [0, 0.1) is 5.92 Å². The molecule has 1 aliphatic rings. The van der Waals surface area contributed by atoms with Crippen molar-refractivity contribution >= 4 is 23.2 Å². The van der Waals surface area contributed by atoms with Crippen molar-refractivity contribution in [2.45, 2.75) is 53.1 Å². The van der Waals surface area contributed by atoms with Crippen molar-refractivity contribution in [3.63, 3.8) is 0 Å². The molecule has 0 saturated carbocycles. The number of hydrogen-bond donors (Lipinski definition) is 1. The lowest BCUT2D eigenvalue weighted by Crippen LogP contribution is -2.28. The summed E-state index contributed by atoms with van der Waals surface area (Å²) in [6.45, 7) is 8.50. The van der Waals surface area contributed by atoms with Gasteiger partial charge in [-0.1, -0.05) is 32.0 Å². The van der Waals surface area contributed by atoms with Gasteiger partial charge in [0.05, 0.1) is 12.0 Å². The quantitative estimate of drug-likeness (QED) is 0.747. The van der Waals surface area contributed by atoms with Crippen molar-refractivity contribution in [2.24, 2.45) is 5.92 Å². The van der Waals surface area contributed by atoms with Crippen LogP contribution in [-0.2, 0) is 22.4 Å². The van der Waals surface area contributed by atoms with Crippen LogP contribution in [0.5, 0.6) is 5.75 Å². The SMILES string of the molecule is CCc1cccc(CC)c1NC(=O)[C@H]1CC(=O)N(c2ccc(OC(C)C)cc2)C1. The molecule has 1 N–H and O–H groups in total. The Morgan fingerprint density at radius 3 is 2.28 bits per heavy atom. The summed E-state index contributed by atoms with van der Waals surface area (Å²) >= 11 is 0. The molecule has 1 heterocycles. The molecule has 1 aliphatic heterocycles. The lowest BCUT2D eigenvalue weighted by Gasteiger charge is -2.19. The van der Waals surface area contributed by atoms with E-state index in [4.69, 9.17) is 4.74 Å². The Morgan fingerprint density at radius 1 is 1.10 bits per heavy atom. The number of hydrogen-bond acceptors (Lipinski definition) is 3. The maximum absolute atomic E-state index is 12.9. The number of anilines is 2. The first-order valence-electron chi connectivity index (χ1n) is 10.4. The standard InChI is InChI=1S/C24H30N2O3/c1-5-17-8-7-9-18(6-2)23(17)25-24(28)19-14-22(27)26(15-19)20-10-12-21(13-11-20)29-16(3)4/h7-13,16,19H,5-6,14-15H2,1-4H3,(H,25,28)/t19-/m0/s1. The smallest absolute Gasteiger partial charge is 0.229 e. The molecule has 29 heavy (non-hydrogen) atoms. The topological polar surface area (TPSA) is 58.6 Å². The molecular weight excluding hydrogens is 364 g/mol. The van der Waals surface area contributed by atoms with Gasteiger partial charge in [0.15, 0.2) is 0 Å². The average Bonchev–Trinajstić information content (AvgIpc) is 3.10. The maximum Gasteiger partial charge on any atom is 0.229 e. The predicted octanol–water partition coefficient (Wildman–Crippen LogP) is 4.59. The van der Waals surface area contributed by atoms with Crippen molar-refractivity contribution in [2.75, 3.05) is 16.8 Å². The zero-order valence-corrected chi connectivity index (χ0v) is 17.7. The van der Waals surface area contributed by atoms with Crippen LogP contribution in [0.2, 0.25) is 0 Å². The number of nitrogens with one attached hydrogen (secondary N) is 1. The van der Waals surface area contributed by atoms with Crippen molar-refractivity contribution in [1.29, 1.82) is 0 Å². The van der Waals surface area contributed by atoms with Gasteiger partial charge < -0.3 is 15.0 Å². The molecule has 1 atom stereocenters. The van der Waals surface area contributed by atoms with E-state index in [1.54, 1.807) is 4.90 Å². The molecule has 2 aromatic carbocycles. The van der Waals surface area contributed by atoms with Crippen LogP contribution in [0.3, 0.4) is 0 Å². The Bertz CT molecular complexity index is 852. The number of para-hydroxylation sites is 1. The van der Waals surface area contributed by atoms with Crippen LogP contribution in [-0.4, -0.2) is 24.5 Å². The Kier molecular flexibility index (Phi) is 6.57. The molecule has 1 saturated heterocycles. The molecule has 0 radical (unpaired) electrons. The number of carbonyl (C=O) groups excluding carboxylic acids is 2. The van der Waals surface area contributed by atoms with E-state index in [0.717, 1.165) is 41.1 Å². The van der Waals surface area contributed by atoms with E-state index in [2.05, 4.69) is 19.2 Å². The van der Waals surface area contributed by atoms with Crippen LogP contribution in [0.1, 0.15) is 45.2 Å². The molecule has 0 spiro atoms. The van der Waals surface area contributed by atoms with Gasteiger partial charge in [0, 0.05) is 24.3 Å². The predicted molar refractivity (Wildman–Crippen MR) is 116 cm³/mol. The summed E-state index contributed by atoms with van der Waals surface area (Å²) in [5, 5.41) is 3.11. The summed E-state index contributed by atoms with van der Waals surface area (Å²) in [6.07, 6.45) is 2.03. The third kappa shape index (κ3) is 4.78. The summed E-state index contributed by atoms with van der Waals surface area (Å²) in [6, 6.07) is 13.6. The molecule has 5 nitrogen and oxygen atoms in total. The minimum Gasteiger partial charge on any atom is -0.491 e. The van der Waals surface area contributed by atoms with Gasteiger partial charge in [0.1, 0.15) is 5.75 Å². The van der Waals surface area contributed by atoms with Gasteiger partial charge in [-0.2, -0.15) is 0 Å². The highest BCUT2D eigenvalue weighted by molar-refractivity contribution is 6.04. The van der Waals surface area contributed by atoms with Crippen molar-refractivity contribution in [3.8, 4) is 5.75 Å². The van der Waals surface area contributed by atoms with Gasteiger partial charge >= 0.3 is 0 Å². The van der Waals surface area contributed by atoms with E-state index < -0.39 is 0 Å². The molecule has 0 aromatic heterocycles. The zero-order valence-electron chi connectivity index (χ0n) is 17.7. The highest BCUT2D eigenvalue weighted by Gasteiger charge is 2.35. The third-order valence-corrected chi connectivity index (χ3v) is 5.26. The minimum atomic E-state index is -0.358. The number of benzene rings is 2. The van der Waals surface area contributed by atoms with Crippen LogP contribution in [0.25, 0.3) is 0 Å². The molecule has 0 aliphatic carbocycles. The fourth-order valence-corrected chi connectivity index (χ4v) is 3.74. The normalized spacial score (nSPS) is 16.4. The van der Waals surface area contributed by atoms with E-state index in [-0.39, 0.29) is 30.3 Å². The van der Waals surface area contributed by atoms with E-state index >= 15 is 0 Å². The van der Waals surface area contributed by atoms with Gasteiger partial charge in [-0.15, -0.1) is 0 Å².